The van der Waals surface area contributed by atoms with E-state index in [1.165, 1.54) is 23.5 Å². The zero-order valence-electron chi connectivity index (χ0n) is 13.8. The number of benzene rings is 1. The van der Waals surface area contributed by atoms with Gasteiger partial charge in [-0.1, -0.05) is 0 Å². The van der Waals surface area contributed by atoms with Gasteiger partial charge in [0, 0.05) is 42.7 Å². The monoisotopic (exact) mass is 361 g/mol. The maximum atomic E-state index is 13.2. The van der Waals surface area contributed by atoms with E-state index in [4.69, 9.17) is 4.74 Å². The molecule has 2 saturated heterocycles. The number of ether oxygens (including phenoxy) is 1. The summed E-state index contributed by atoms with van der Waals surface area (Å²) in [5, 5.41) is 1.79. The zero-order chi connectivity index (χ0) is 17.2. The van der Waals surface area contributed by atoms with Gasteiger partial charge < -0.3 is 14.5 Å². The van der Waals surface area contributed by atoms with Crippen LogP contribution in [0.3, 0.4) is 0 Å². The van der Waals surface area contributed by atoms with Crippen LogP contribution in [0.2, 0.25) is 0 Å². The number of hydrogen-bond acceptors (Lipinski definition) is 5. The Balaban J connectivity index is 1.52. The molecule has 7 heteroatoms. The number of thiazole rings is 1. The summed E-state index contributed by atoms with van der Waals surface area (Å²) < 4.78 is 19.0. The van der Waals surface area contributed by atoms with Crippen molar-refractivity contribution in [2.24, 2.45) is 5.92 Å². The first-order valence-corrected chi connectivity index (χ1v) is 9.44. The highest BCUT2D eigenvalue weighted by molar-refractivity contribution is 7.07. The molecule has 4 rings (SSSR count). The average molecular weight is 361 g/mol. The lowest BCUT2D eigenvalue weighted by Crippen LogP contribution is -2.53. The van der Waals surface area contributed by atoms with Crippen molar-refractivity contribution in [1.29, 1.82) is 0 Å². The number of aromatic nitrogens is 1. The second-order valence-corrected chi connectivity index (χ2v) is 7.20. The Bertz CT molecular complexity index is 722. The molecule has 3 heterocycles. The van der Waals surface area contributed by atoms with Gasteiger partial charge in [-0.2, -0.15) is 0 Å². The van der Waals surface area contributed by atoms with Crippen LogP contribution < -0.4 is 4.90 Å². The summed E-state index contributed by atoms with van der Waals surface area (Å²) in [6.45, 7) is 3.44. The lowest BCUT2D eigenvalue weighted by Gasteiger charge is -2.42. The highest BCUT2D eigenvalue weighted by Gasteiger charge is 2.37. The molecule has 2 atom stereocenters. The summed E-state index contributed by atoms with van der Waals surface area (Å²) in [5.41, 5.74) is 3.22. The first-order valence-electron chi connectivity index (χ1n) is 8.50. The van der Waals surface area contributed by atoms with Gasteiger partial charge in [-0.15, -0.1) is 11.3 Å². The summed E-state index contributed by atoms with van der Waals surface area (Å²) in [4.78, 5) is 20.9. The van der Waals surface area contributed by atoms with E-state index in [-0.39, 0.29) is 17.6 Å². The highest BCUT2D eigenvalue weighted by atomic mass is 32.1. The lowest BCUT2D eigenvalue weighted by atomic mass is 9.91. The molecule has 2 aliphatic heterocycles. The maximum absolute atomic E-state index is 13.2. The summed E-state index contributed by atoms with van der Waals surface area (Å²) in [6.07, 6.45) is 0.876. The Kier molecular flexibility index (Phi) is 4.67. The molecule has 1 aromatic carbocycles. The van der Waals surface area contributed by atoms with E-state index in [1.807, 2.05) is 17.0 Å². The molecule has 132 valence electrons. The van der Waals surface area contributed by atoms with Gasteiger partial charge in [0.05, 0.1) is 18.7 Å². The fourth-order valence-electron chi connectivity index (χ4n) is 3.78. The molecule has 0 N–H and O–H groups in total. The molecule has 25 heavy (non-hydrogen) atoms. The maximum Gasteiger partial charge on any atom is 0.273 e. The molecule has 0 spiro atoms. The molecule has 2 aliphatic rings. The van der Waals surface area contributed by atoms with Crippen molar-refractivity contribution in [1.82, 2.24) is 9.88 Å². The predicted molar refractivity (Wildman–Crippen MR) is 94.5 cm³/mol. The molecule has 2 aromatic rings. The first-order chi connectivity index (χ1) is 12.2. The number of rotatable bonds is 2. The average Bonchev–Trinajstić information content (AvgIpc) is 3.09. The second kappa shape index (κ2) is 7.09. The molecular weight excluding hydrogens is 341 g/mol. The van der Waals surface area contributed by atoms with Gasteiger partial charge >= 0.3 is 0 Å². The van der Waals surface area contributed by atoms with Crippen LogP contribution in [0.5, 0.6) is 0 Å². The minimum Gasteiger partial charge on any atom is -0.379 e. The minimum absolute atomic E-state index is 0.00252. The van der Waals surface area contributed by atoms with Crippen molar-refractivity contribution >= 4 is 22.9 Å². The number of carbonyl (C=O) groups excluding carboxylic acids is 1. The number of piperidine rings is 1. The van der Waals surface area contributed by atoms with Gasteiger partial charge in [-0.3, -0.25) is 4.79 Å². The Morgan fingerprint density at radius 1 is 1.28 bits per heavy atom. The van der Waals surface area contributed by atoms with E-state index in [9.17, 15) is 9.18 Å². The molecule has 0 unspecified atom stereocenters. The van der Waals surface area contributed by atoms with Gasteiger partial charge in [-0.05, 0) is 30.7 Å². The van der Waals surface area contributed by atoms with E-state index in [1.54, 1.807) is 10.9 Å². The van der Waals surface area contributed by atoms with Gasteiger partial charge in [0.2, 0.25) is 0 Å². The third kappa shape index (κ3) is 3.39. The van der Waals surface area contributed by atoms with E-state index >= 15 is 0 Å². The largest absolute Gasteiger partial charge is 0.379 e. The van der Waals surface area contributed by atoms with Gasteiger partial charge in [0.1, 0.15) is 11.5 Å². The number of likely N-dealkylation sites (tertiary alicyclic amines) is 1. The summed E-state index contributed by atoms with van der Waals surface area (Å²) in [7, 11) is 0. The standard InChI is InChI=1S/C18H20FN3O2S/c19-14-1-3-15(4-2-14)22-7-8-24-10-13-9-21(6-5-17(13)22)18(23)16-11-25-12-20-16/h1-4,11-13,17H,5-10H2/t13-,17+/m1/s1. The number of halogens is 1. The lowest BCUT2D eigenvalue weighted by molar-refractivity contribution is 0.0516. The Morgan fingerprint density at radius 3 is 2.88 bits per heavy atom. The van der Waals surface area contributed by atoms with E-state index in [0.717, 1.165) is 18.7 Å². The molecule has 0 radical (unpaired) electrons. The molecular formula is C18H20FN3O2S. The van der Waals surface area contributed by atoms with E-state index < -0.39 is 0 Å². The van der Waals surface area contributed by atoms with Crippen LogP contribution in [0, 0.1) is 11.7 Å². The van der Waals surface area contributed by atoms with E-state index in [2.05, 4.69) is 9.88 Å². The molecule has 1 aromatic heterocycles. The first kappa shape index (κ1) is 16.5. The zero-order valence-corrected chi connectivity index (χ0v) is 14.6. The van der Waals surface area contributed by atoms with Crippen LogP contribution in [0.4, 0.5) is 10.1 Å². The number of anilines is 1. The summed E-state index contributed by atoms with van der Waals surface area (Å²) in [5.74, 6) is 0.0104. The molecule has 1 amide bonds. The molecule has 0 aliphatic carbocycles. The third-order valence-electron chi connectivity index (χ3n) is 5.00. The second-order valence-electron chi connectivity index (χ2n) is 6.49. The number of hydrogen-bond donors (Lipinski definition) is 0. The normalized spacial score (nSPS) is 23.9. The molecule has 0 bridgehead atoms. The summed E-state index contributed by atoms with van der Waals surface area (Å²) in [6, 6.07) is 6.94. The molecule has 5 nitrogen and oxygen atoms in total. The molecule has 2 fully saturated rings. The van der Waals surface area contributed by atoms with E-state index in [0.29, 0.717) is 38.0 Å². The van der Waals surface area contributed by atoms with Crippen LogP contribution in [-0.2, 0) is 4.74 Å². The Hall–Kier alpha value is -1.99. The minimum atomic E-state index is -0.227. The number of nitrogens with zero attached hydrogens (tertiary/aromatic N) is 3. The van der Waals surface area contributed by atoms with Gasteiger partial charge in [0.25, 0.3) is 5.91 Å². The van der Waals surface area contributed by atoms with Gasteiger partial charge in [0.15, 0.2) is 0 Å². The van der Waals surface area contributed by atoms with Crippen LogP contribution in [0.1, 0.15) is 16.9 Å². The van der Waals surface area contributed by atoms with Crippen molar-refractivity contribution in [3.63, 3.8) is 0 Å². The third-order valence-corrected chi connectivity index (χ3v) is 5.59. The van der Waals surface area contributed by atoms with Crippen molar-refractivity contribution in [3.05, 3.63) is 46.7 Å². The number of fused-ring (bicyclic) bond motifs is 1. The van der Waals surface area contributed by atoms with Crippen molar-refractivity contribution in [2.75, 3.05) is 37.7 Å². The smallest absolute Gasteiger partial charge is 0.273 e. The predicted octanol–water partition coefficient (Wildman–Crippen LogP) is 2.65. The Labute approximate surface area is 150 Å². The topological polar surface area (TPSA) is 45.7 Å². The Morgan fingerprint density at radius 2 is 2.12 bits per heavy atom. The number of carbonyl (C=O) groups is 1. The highest BCUT2D eigenvalue weighted by Crippen LogP contribution is 2.30. The number of amides is 1. The van der Waals surface area contributed by atoms with Crippen LogP contribution in [0.25, 0.3) is 0 Å². The molecule has 0 saturated carbocycles. The van der Waals surface area contributed by atoms with Crippen LogP contribution in [-0.4, -0.2) is 54.7 Å². The van der Waals surface area contributed by atoms with Crippen molar-refractivity contribution in [3.8, 4) is 0 Å². The van der Waals surface area contributed by atoms with Crippen molar-refractivity contribution in [2.45, 2.75) is 12.5 Å². The SMILES string of the molecule is O=C(c1cscn1)N1CC[C@H]2[C@@H](COCCN2c2ccc(F)cc2)C1. The van der Waals surface area contributed by atoms with Gasteiger partial charge in [-0.25, -0.2) is 9.37 Å². The fourth-order valence-corrected chi connectivity index (χ4v) is 4.30. The fraction of sp³-hybridized carbons (Fsp3) is 0.444. The van der Waals surface area contributed by atoms with Crippen molar-refractivity contribution < 1.29 is 13.9 Å². The summed E-state index contributed by atoms with van der Waals surface area (Å²) >= 11 is 1.43. The quantitative estimate of drug-likeness (QED) is 0.825. The van der Waals surface area contributed by atoms with Crippen LogP contribution >= 0.6 is 11.3 Å². The van der Waals surface area contributed by atoms with Crippen LogP contribution in [0.15, 0.2) is 35.2 Å².